The lowest BCUT2D eigenvalue weighted by atomic mass is 10.3. The van der Waals surface area contributed by atoms with E-state index in [4.69, 9.17) is 9.15 Å². The van der Waals surface area contributed by atoms with Crippen molar-refractivity contribution < 1.29 is 9.15 Å². The van der Waals surface area contributed by atoms with Gasteiger partial charge in [0.1, 0.15) is 5.76 Å². The zero-order valence-corrected chi connectivity index (χ0v) is 10.2. The van der Waals surface area contributed by atoms with Crippen LogP contribution in [0, 0.1) is 0 Å². The van der Waals surface area contributed by atoms with Crippen molar-refractivity contribution in [3.8, 4) is 0 Å². The fourth-order valence-electron chi connectivity index (χ4n) is 1.84. The molecule has 1 heterocycles. The highest BCUT2D eigenvalue weighted by Crippen LogP contribution is 2.28. The first kappa shape index (κ1) is 11.7. The van der Waals surface area contributed by atoms with Crippen LogP contribution >= 0.6 is 0 Å². The zero-order chi connectivity index (χ0) is 11.4. The van der Waals surface area contributed by atoms with Gasteiger partial charge in [-0.2, -0.15) is 0 Å². The fraction of sp³-hybridized carbons (Fsp3) is 0.692. The van der Waals surface area contributed by atoms with Crippen LogP contribution in [0.25, 0.3) is 0 Å². The van der Waals surface area contributed by atoms with Gasteiger partial charge >= 0.3 is 0 Å². The van der Waals surface area contributed by atoms with Crippen LogP contribution in [0.1, 0.15) is 32.4 Å². The Hall–Kier alpha value is -0.800. The Kier molecular flexibility index (Phi) is 4.02. The molecule has 3 heteroatoms. The summed E-state index contributed by atoms with van der Waals surface area (Å²) in [5.41, 5.74) is 0. The summed E-state index contributed by atoms with van der Waals surface area (Å²) in [6.07, 6.45) is 4.71. The van der Waals surface area contributed by atoms with Crippen LogP contribution in [0.3, 0.4) is 0 Å². The van der Waals surface area contributed by atoms with Gasteiger partial charge in [0.15, 0.2) is 0 Å². The van der Waals surface area contributed by atoms with Gasteiger partial charge in [-0.25, -0.2) is 0 Å². The van der Waals surface area contributed by atoms with Crippen LogP contribution in [0.4, 0.5) is 0 Å². The van der Waals surface area contributed by atoms with Gasteiger partial charge in [0.05, 0.1) is 25.5 Å². The first-order valence-electron chi connectivity index (χ1n) is 6.13. The molecule has 0 spiro atoms. The van der Waals surface area contributed by atoms with Gasteiger partial charge in [0, 0.05) is 12.6 Å². The lowest BCUT2D eigenvalue weighted by Gasteiger charge is -2.21. The summed E-state index contributed by atoms with van der Waals surface area (Å²) in [6, 6.07) is 4.74. The minimum atomic E-state index is 0.324. The van der Waals surface area contributed by atoms with E-state index in [-0.39, 0.29) is 0 Å². The highest BCUT2D eigenvalue weighted by molar-refractivity contribution is 4.99. The molecule has 0 amide bonds. The van der Waals surface area contributed by atoms with Crippen molar-refractivity contribution in [1.82, 2.24) is 4.90 Å². The Bertz CT molecular complexity index is 291. The van der Waals surface area contributed by atoms with E-state index in [0.717, 1.165) is 31.5 Å². The van der Waals surface area contributed by atoms with Crippen molar-refractivity contribution in [3.05, 3.63) is 24.2 Å². The van der Waals surface area contributed by atoms with Gasteiger partial charge < -0.3 is 9.15 Å². The molecule has 3 nitrogen and oxygen atoms in total. The number of ether oxygens (including phenoxy) is 1. The van der Waals surface area contributed by atoms with E-state index in [2.05, 4.69) is 18.7 Å². The minimum Gasteiger partial charge on any atom is -0.468 e. The Balaban J connectivity index is 1.76. The van der Waals surface area contributed by atoms with Crippen molar-refractivity contribution in [2.45, 2.75) is 45.4 Å². The maximum Gasteiger partial charge on any atom is 0.117 e. The Morgan fingerprint density at radius 2 is 2.31 bits per heavy atom. The normalized spacial score (nSPS) is 16.2. The summed E-state index contributed by atoms with van der Waals surface area (Å²) < 4.78 is 11.0. The maximum absolute atomic E-state index is 5.60. The van der Waals surface area contributed by atoms with E-state index >= 15 is 0 Å². The summed E-state index contributed by atoms with van der Waals surface area (Å²) in [5, 5.41) is 0. The molecular formula is C13H21NO2. The molecule has 1 aromatic rings. The van der Waals surface area contributed by atoms with Gasteiger partial charge in [0.2, 0.25) is 0 Å². The average Bonchev–Trinajstić information content (AvgIpc) is 2.96. The van der Waals surface area contributed by atoms with Crippen LogP contribution in [-0.2, 0) is 11.3 Å². The highest BCUT2D eigenvalue weighted by atomic mass is 16.5. The minimum absolute atomic E-state index is 0.324. The lowest BCUT2D eigenvalue weighted by molar-refractivity contribution is 0.0541. The van der Waals surface area contributed by atoms with Gasteiger partial charge in [0.25, 0.3) is 0 Å². The summed E-state index contributed by atoms with van der Waals surface area (Å²) in [5.74, 6) is 1.05. The van der Waals surface area contributed by atoms with E-state index in [1.54, 1.807) is 6.26 Å². The van der Waals surface area contributed by atoms with E-state index in [0.29, 0.717) is 6.10 Å². The molecule has 0 unspecified atom stereocenters. The second-order valence-electron chi connectivity index (χ2n) is 4.70. The molecule has 1 saturated carbocycles. The van der Waals surface area contributed by atoms with Crippen LogP contribution in [-0.4, -0.2) is 30.2 Å². The van der Waals surface area contributed by atoms with Gasteiger partial charge in [-0.15, -0.1) is 0 Å². The predicted molar refractivity (Wildman–Crippen MR) is 63.2 cm³/mol. The molecule has 2 rings (SSSR count). The molecule has 1 aromatic heterocycles. The van der Waals surface area contributed by atoms with Crippen molar-refractivity contribution in [2.75, 3.05) is 13.2 Å². The van der Waals surface area contributed by atoms with Crippen molar-refractivity contribution in [3.63, 3.8) is 0 Å². The lowest BCUT2D eigenvalue weighted by Crippen LogP contribution is -2.29. The van der Waals surface area contributed by atoms with Crippen molar-refractivity contribution in [1.29, 1.82) is 0 Å². The average molecular weight is 223 g/mol. The maximum atomic E-state index is 5.60. The quantitative estimate of drug-likeness (QED) is 0.710. The van der Waals surface area contributed by atoms with Gasteiger partial charge in [-0.1, -0.05) is 0 Å². The van der Waals surface area contributed by atoms with Crippen LogP contribution in [0.5, 0.6) is 0 Å². The predicted octanol–water partition coefficient (Wildman–Crippen LogP) is 2.67. The topological polar surface area (TPSA) is 25.6 Å². The number of rotatable bonds is 7. The number of nitrogens with zero attached hydrogens (tertiary/aromatic N) is 1. The molecule has 1 aliphatic rings. The molecule has 0 aromatic carbocycles. The molecule has 0 aliphatic heterocycles. The van der Waals surface area contributed by atoms with Crippen LogP contribution < -0.4 is 0 Å². The van der Waals surface area contributed by atoms with E-state index in [1.165, 1.54) is 12.8 Å². The smallest absolute Gasteiger partial charge is 0.117 e. The number of hydrogen-bond acceptors (Lipinski definition) is 3. The monoisotopic (exact) mass is 223 g/mol. The summed E-state index contributed by atoms with van der Waals surface area (Å²) in [7, 11) is 0. The number of hydrogen-bond donors (Lipinski definition) is 0. The Labute approximate surface area is 97.4 Å². The summed E-state index contributed by atoms with van der Waals surface area (Å²) in [6.45, 7) is 6.89. The molecule has 16 heavy (non-hydrogen) atoms. The standard InChI is InChI=1S/C13H21NO2/c1-11(2)15-9-7-14(12-5-6-12)10-13-4-3-8-16-13/h3-4,8,11-12H,5-7,9-10H2,1-2H3. The van der Waals surface area contributed by atoms with Crippen LogP contribution in [0.15, 0.2) is 22.8 Å². The molecule has 0 radical (unpaired) electrons. The molecule has 0 bridgehead atoms. The second-order valence-corrected chi connectivity index (χ2v) is 4.70. The first-order chi connectivity index (χ1) is 7.75. The largest absolute Gasteiger partial charge is 0.468 e. The third-order valence-corrected chi connectivity index (χ3v) is 2.83. The third kappa shape index (κ3) is 3.65. The van der Waals surface area contributed by atoms with Crippen molar-refractivity contribution >= 4 is 0 Å². The molecule has 1 aliphatic carbocycles. The zero-order valence-electron chi connectivity index (χ0n) is 10.2. The van der Waals surface area contributed by atoms with E-state index in [9.17, 15) is 0 Å². The Morgan fingerprint density at radius 3 is 2.88 bits per heavy atom. The van der Waals surface area contributed by atoms with Gasteiger partial charge in [-0.3, -0.25) is 4.90 Å². The second kappa shape index (κ2) is 5.51. The first-order valence-corrected chi connectivity index (χ1v) is 6.13. The third-order valence-electron chi connectivity index (χ3n) is 2.83. The van der Waals surface area contributed by atoms with Crippen molar-refractivity contribution in [2.24, 2.45) is 0 Å². The van der Waals surface area contributed by atoms with Crippen LogP contribution in [0.2, 0.25) is 0 Å². The SMILES string of the molecule is CC(C)OCCN(Cc1ccco1)C1CC1. The van der Waals surface area contributed by atoms with E-state index in [1.807, 2.05) is 12.1 Å². The molecule has 0 saturated heterocycles. The highest BCUT2D eigenvalue weighted by Gasteiger charge is 2.29. The van der Waals surface area contributed by atoms with Gasteiger partial charge in [-0.05, 0) is 38.8 Å². The number of furan rings is 1. The molecule has 0 atom stereocenters. The molecular weight excluding hydrogens is 202 g/mol. The Morgan fingerprint density at radius 1 is 1.50 bits per heavy atom. The summed E-state index contributed by atoms with van der Waals surface area (Å²) >= 11 is 0. The fourth-order valence-corrected chi connectivity index (χ4v) is 1.84. The van der Waals surface area contributed by atoms with E-state index < -0.39 is 0 Å². The molecule has 1 fully saturated rings. The summed E-state index contributed by atoms with van der Waals surface area (Å²) in [4.78, 5) is 2.46. The molecule has 90 valence electrons. The molecule has 0 N–H and O–H groups in total.